The molecule has 2 amide bonds. The van der Waals surface area contributed by atoms with E-state index in [1.165, 1.54) is 18.2 Å². The van der Waals surface area contributed by atoms with E-state index in [9.17, 15) is 32.9 Å². The van der Waals surface area contributed by atoms with Crippen LogP contribution in [0.4, 0.5) is 29.3 Å². The molecule has 3 aromatic carbocycles. The Hall–Kier alpha value is -4.74. The standard InChI is InChI=1S/C24H17F3N4O5/c25-23(26,27)14-30-19-9-5-4-8-18(19)20(15-6-2-1-3-7-15)29-24(21(30)32,36-22(28)33)16-10-12-17(13-11-16)31(34)35/h1-13H,14H2,(H2,28,33)/t24-/m1/s1. The molecule has 3 aromatic rings. The van der Waals surface area contributed by atoms with Crippen LogP contribution in [-0.4, -0.2) is 35.4 Å². The fraction of sp³-hybridized carbons (Fsp3) is 0.125. The first-order valence-corrected chi connectivity index (χ1v) is 10.4. The second kappa shape index (κ2) is 9.13. The number of nitrogens with two attached hydrogens (primary N) is 1. The highest BCUT2D eigenvalue weighted by Gasteiger charge is 2.52. The first-order chi connectivity index (χ1) is 17.0. The summed E-state index contributed by atoms with van der Waals surface area (Å²) < 4.78 is 46.2. The summed E-state index contributed by atoms with van der Waals surface area (Å²) in [5.74, 6) is -1.36. The molecule has 12 heteroatoms. The number of rotatable bonds is 5. The Labute approximate surface area is 201 Å². The number of hydrogen-bond donors (Lipinski definition) is 1. The van der Waals surface area contributed by atoms with E-state index in [1.807, 2.05) is 0 Å². The number of nitro groups is 1. The highest BCUT2D eigenvalue weighted by atomic mass is 19.4. The lowest BCUT2D eigenvalue weighted by Crippen LogP contribution is -2.51. The summed E-state index contributed by atoms with van der Waals surface area (Å²) in [6.45, 7) is -1.72. The predicted molar refractivity (Wildman–Crippen MR) is 122 cm³/mol. The quantitative estimate of drug-likeness (QED) is 0.415. The number of benzodiazepines with no additional fused rings is 1. The number of nitro benzene ring substituents is 1. The fourth-order valence-corrected chi connectivity index (χ4v) is 3.89. The lowest BCUT2D eigenvalue weighted by molar-refractivity contribution is -0.384. The SMILES string of the molecule is NC(=O)O[C@@]1(c2ccc([N+](=O)[O-])cc2)N=C(c2ccccc2)c2ccccc2N(CC(F)(F)F)C1=O. The van der Waals surface area contributed by atoms with E-state index in [4.69, 9.17) is 10.5 Å². The lowest BCUT2D eigenvalue weighted by atomic mass is 9.99. The summed E-state index contributed by atoms with van der Waals surface area (Å²) in [7, 11) is 0. The maximum atomic E-state index is 13.9. The van der Waals surface area contributed by atoms with Crippen LogP contribution in [0.25, 0.3) is 0 Å². The molecule has 1 aliphatic rings. The number of aliphatic imine (C=N–C) groups is 1. The second-order valence-electron chi connectivity index (χ2n) is 7.72. The maximum Gasteiger partial charge on any atom is 0.407 e. The minimum atomic E-state index is -4.84. The molecule has 0 unspecified atom stereocenters. The zero-order valence-corrected chi connectivity index (χ0v) is 18.3. The van der Waals surface area contributed by atoms with Crippen molar-refractivity contribution in [2.24, 2.45) is 10.7 Å². The molecule has 0 radical (unpaired) electrons. The second-order valence-corrected chi connectivity index (χ2v) is 7.72. The summed E-state index contributed by atoms with van der Waals surface area (Å²) in [5, 5.41) is 11.1. The van der Waals surface area contributed by atoms with Crippen molar-refractivity contribution in [3.63, 3.8) is 0 Å². The molecular formula is C24H17F3N4O5. The van der Waals surface area contributed by atoms with Crippen LogP contribution in [0.1, 0.15) is 16.7 Å². The molecule has 0 fully saturated rings. The number of para-hydroxylation sites is 1. The fourth-order valence-electron chi connectivity index (χ4n) is 3.89. The molecule has 9 nitrogen and oxygen atoms in total. The molecule has 0 spiro atoms. The van der Waals surface area contributed by atoms with E-state index in [0.717, 1.165) is 24.3 Å². The highest BCUT2D eigenvalue weighted by Crippen LogP contribution is 2.40. The van der Waals surface area contributed by atoms with Crippen molar-refractivity contribution in [1.82, 2.24) is 0 Å². The number of nitrogens with zero attached hydrogens (tertiary/aromatic N) is 3. The zero-order chi connectivity index (χ0) is 26.1. The number of ether oxygens (including phenoxy) is 1. The normalized spacial score (nSPS) is 17.6. The number of non-ortho nitro benzene ring substituents is 1. The summed E-state index contributed by atoms with van der Waals surface area (Å²) in [6, 6.07) is 18.2. The van der Waals surface area contributed by atoms with Crippen molar-refractivity contribution in [3.05, 3.63) is 106 Å². The Morgan fingerprint density at radius 2 is 1.64 bits per heavy atom. The Balaban J connectivity index is 2.08. The van der Waals surface area contributed by atoms with Gasteiger partial charge in [0.1, 0.15) is 6.54 Å². The van der Waals surface area contributed by atoms with Crippen LogP contribution in [0.2, 0.25) is 0 Å². The number of benzene rings is 3. The first kappa shape index (κ1) is 24.4. The monoisotopic (exact) mass is 498 g/mol. The number of carbonyl (C=O) groups is 2. The number of carbonyl (C=O) groups excluding carboxylic acids is 2. The molecule has 36 heavy (non-hydrogen) atoms. The minimum absolute atomic E-state index is 0.0452. The third kappa shape index (κ3) is 4.60. The van der Waals surface area contributed by atoms with Gasteiger partial charge in [-0.1, -0.05) is 48.5 Å². The zero-order valence-electron chi connectivity index (χ0n) is 18.3. The summed E-state index contributed by atoms with van der Waals surface area (Å²) in [4.78, 5) is 41.2. The predicted octanol–water partition coefficient (Wildman–Crippen LogP) is 4.29. The number of primary amides is 1. The third-order valence-corrected chi connectivity index (χ3v) is 5.36. The average Bonchev–Trinajstić information content (AvgIpc) is 2.93. The van der Waals surface area contributed by atoms with Gasteiger partial charge in [-0.25, -0.2) is 9.79 Å². The van der Waals surface area contributed by atoms with Gasteiger partial charge >= 0.3 is 18.0 Å². The van der Waals surface area contributed by atoms with E-state index in [0.29, 0.717) is 10.5 Å². The smallest absolute Gasteiger partial charge is 0.407 e. The Bertz CT molecular complexity index is 1360. The highest BCUT2D eigenvalue weighted by molar-refractivity contribution is 6.21. The van der Waals surface area contributed by atoms with E-state index in [-0.39, 0.29) is 28.2 Å². The molecule has 0 aliphatic carbocycles. The molecule has 0 aromatic heterocycles. The van der Waals surface area contributed by atoms with Crippen LogP contribution in [0, 0.1) is 10.1 Å². The van der Waals surface area contributed by atoms with Crippen LogP contribution in [0.5, 0.6) is 0 Å². The van der Waals surface area contributed by atoms with Gasteiger partial charge in [0.2, 0.25) is 0 Å². The van der Waals surface area contributed by atoms with Gasteiger partial charge in [0.05, 0.1) is 16.3 Å². The number of hydrogen-bond acceptors (Lipinski definition) is 6. The van der Waals surface area contributed by atoms with Gasteiger partial charge in [0.25, 0.3) is 11.6 Å². The average molecular weight is 498 g/mol. The van der Waals surface area contributed by atoms with Crippen LogP contribution >= 0.6 is 0 Å². The van der Waals surface area contributed by atoms with Gasteiger partial charge in [0.15, 0.2) is 0 Å². The molecule has 4 rings (SSSR count). The number of halogens is 3. The van der Waals surface area contributed by atoms with Crippen molar-refractivity contribution in [2.75, 3.05) is 11.4 Å². The lowest BCUT2D eigenvalue weighted by Gasteiger charge is -2.32. The number of anilines is 1. The molecule has 0 bridgehead atoms. The Kier molecular flexibility index (Phi) is 6.19. The van der Waals surface area contributed by atoms with Gasteiger partial charge in [-0.2, -0.15) is 13.2 Å². The van der Waals surface area contributed by atoms with Crippen LogP contribution in [0.3, 0.4) is 0 Å². The number of fused-ring (bicyclic) bond motifs is 1. The van der Waals surface area contributed by atoms with E-state index < -0.39 is 35.4 Å². The molecule has 1 aliphatic heterocycles. The molecular weight excluding hydrogens is 481 g/mol. The molecule has 1 atom stereocenters. The van der Waals surface area contributed by atoms with E-state index in [2.05, 4.69) is 4.99 Å². The number of amides is 2. The Morgan fingerprint density at radius 1 is 1.03 bits per heavy atom. The Morgan fingerprint density at radius 3 is 2.22 bits per heavy atom. The minimum Gasteiger partial charge on any atom is -0.407 e. The maximum absolute atomic E-state index is 13.9. The summed E-state index contributed by atoms with van der Waals surface area (Å²) in [6.07, 6.45) is -6.33. The first-order valence-electron chi connectivity index (χ1n) is 10.4. The van der Waals surface area contributed by atoms with E-state index >= 15 is 0 Å². The van der Waals surface area contributed by atoms with Crippen molar-refractivity contribution >= 4 is 29.1 Å². The number of alkyl halides is 3. The molecule has 0 saturated heterocycles. The third-order valence-electron chi connectivity index (χ3n) is 5.36. The van der Waals surface area contributed by atoms with Crippen LogP contribution in [0.15, 0.2) is 83.9 Å². The van der Waals surface area contributed by atoms with Crippen molar-refractivity contribution in [3.8, 4) is 0 Å². The van der Waals surface area contributed by atoms with Crippen LogP contribution < -0.4 is 10.6 Å². The molecule has 2 N–H and O–H groups in total. The molecule has 0 saturated carbocycles. The van der Waals surface area contributed by atoms with Gasteiger partial charge in [-0.05, 0) is 18.2 Å². The summed E-state index contributed by atoms with van der Waals surface area (Å²) in [5.41, 5.74) is 2.45. The van der Waals surface area contributed by atoms with E-state index in [1.54, 1.807) is 36.4 Å². The van der Waals surface area contributed by atoms with Crippen molar-refractivity contribution in [1.29, 1.82) is 0 Å². The largest absolute Gasteiger partial charge is 0.407 e. The topological polar surface area (TPSA) is 128 Å². The van der Waals surface area contributed by atoms with Gasteiger partial charge in [0, 0.05) is 28.8 Å². The van der Waals surface area contributed by atoms with Crippen molar-refractivity contribution in [2.45, 2.75) is 11.9 Å². The van der Waals surface area contributed by atoms with Crippen LogP contribution in [-0.2, 0) is 15.3 Å². The molecule has 184 valence electrons. The van der Waals surface area contributed by atoms with Crippen molar-refractivity contribution < 1.29 is 32.4 Å². The molecule has 1 heterocycles. The van der Waals surface area contributed by atoms with Gasteiger partial charge < -0.3 is 10.5 Å². The summed E-state index contributed by atoms with van der Waals surface area (Å²) >= 11 is 0. The van der Waals surface area contributed by atoms with Gasteiger partial charge in [-0.15, -0.1) is 0 Å². The van der Waals surface area contributed by atoms with Gasteiger partial charge in [-0.3, -0.25) is 19.8 Å².